The van der Waals surface area contributed by atoms with Gasteiger partial charge in [0.25, 0.3) is 0 Å². The quantitative estimate of drug-likeness (QED) is 0.781. The van der Waals surface area contributed by atoms with Crippen molar-refractivity contribution in [3.8, 4) is 0 Å². The van der Waals surface area contributed by atoms with Gasteiger partial charge in [-0.3, -0.25) is 4.40 Å². The highest BCUT2D eigenvalue weighted by atomic mass is 32.2. The number of nitrogens with zero attached hydrogens (tertiary/aromatic N) is 4. The predicted molar refractivity (Wildman–Crippen MR) is 71.2 cm³/mol. The lowest BCUT2D eigenvalue weighted by Crippen LogP contribution is -2.21. The minimum atomic E-state index is -0.732. The van der Waals surface area contributed by atoms with Gasteiger partial charge in [0.2, 0.25) is 0 Å². The summed E-state index contributed by atoms with van der Waals surface area (Å²) in [5.41, 5.74) is 1.94. The first kappa shape index (κ1) is 11.8. The monoisotopic (exact) mass is 266 g/mol. The second-order valence-corrected chi connectivity index (χ2v) is 5.33. The summed E-state index contributed by atoms with van der Waals surface area (Å²) in [5.74, 6) is 0.841. The first-order valence-electron chi connectivity index (χ1n) is 5.96. The fraction of sp³-hybridized carbons (Fsp3) is 0.500. The molecule has 4 nitrogen and oxygen atoms in total. The van der Waals surface area contributed by atoms with Gasteiger partial charge in [-0.25, -0.2) is 14.4 Å². The summed E-state index contributed by atoms with van der Waals surface area (Å²) in [6.07, 6.45) is 5.64. The summed E-state index contributed by atoms with van der Waals surface area (Å²) in [6, 6.07) is 0. The number of hydrogen-bond donors (Lipinski definition) is 0. The highest BCUT2D eigenvalue weighted by molar-refractivity contribution is 7.98. The van der Waals surface area contributed by atoms with Crippen molar-refractivity contribution < 1.29 is 4.39 Å². The molecule has 0 radical (unpaired) electrons. The second kappa shape index (κ2) is 4.42. The Morgan fingerprint density at radius 2 is 2.33 bits per heavy atom. The molecule has 0 saturated carbocycles. The highest BCUT2D eigenvalue weighted by Crippen LogP contribution is 2.26. The summed E-state index contributed by atoms with van der Waals surface area (Å²) in [4.78, 5) is 11.0. The minimum absolute atomic E-state index is 0.445. The number of anilines is 1. The molecule has 1 saturated heterocycles. The van der Waals surface area contributed by atoms with E-state index < -0.39 is 6.17 Å². The zero-order chi connectivity index (χ0) is 12.7. The number of alkyl halides is 1. The van der Waals surface area contributed by atoms with Gasteiger partial charge in [0.15, 0.2) is 5.65 Å². The van der Waals surface area contributed by atoms with E-state index in [1.165, 1.54) is 0 Å². The molecule has 2 aromatic rings. The molecule has 1 unspecified atom stereocenters. The van der Waals surface area contributed by atoms with E-state index in [4.69, 9.17) is 0 Å². The number of rotatable bonds is 2. The Labute approximate surface area is 109 Å². The van der Waals surface area contributed by atoms with Crippen LogP contribution in [0.15, 0.2) is 17.4 Å². The molecule has 6 heteroatoms. The predicted octanol–water partition coefficient (Wildman–Crippen LogP) is 2.31. The molecule has 0 amide bonds. The first-order chi connectivity index (χ1) is 8.69. The van der Waals surface area contributed by atoms with Crippen LogP contribution < -0.4 is 4.90 Å². The minimum Gasteiger partial charge on any atom is -0.352 e. The maximum atomic E-state index is 13.3. The van der Waals surface area contributed by atoms with Gasteiger partial charge in [-0.15, -0.1) is 11.8 Å². The SMILES string of the molecule is CSc1nc(N2CCC(F)C2)cn2c(C)cnc12. The lowest BCUT2D eigenvalue weighted by atomic mass is 10.3. The molecule has 0 N–H and O–H groups in total. The normalized spacial score (nSPS) is 19.9. The topological polar surface area (TPSA) is 33.4 Å². The number of aryl methyl sites for hydroxylation is 1. The van der Waals surface area contributed by atoms with Crippen LogP contribution in [0.2, 0.25) is 0 Å². The van der Waals surface area contributed by atoms with E-state index in [9.17, 15) is 4.39 Å². The summed E-state index contributed by atoms with van der Waals surface area (Å²) in [6.45, 7) is 3.19. The molecular formula is C12H15FN4S. The molecule has 1 aliphatic rings. The number of imidazole rings is 1. The molecular weight excluding hydrogens is 251 g/mol. The summed E-state index contributed by atoms with van der Waals surface area (Å²) in [5, 5.41) is 0.892. The van der Waals surface area contributed by atoms with Crippen LogP contribution in [0.25, 0.3) is 5.65 Å². The van der Waals surface area contributed by atoms with Crippen molar-refractivity contribution in [2.24, 2.45) is 0 Å². The Morgan fingerprint density at radius 1 is 1.50 bits per heavy atom. The third-order valence-corrected chi connectivity index (χ3v) is 3.94. The summed E-state index contributed by atoms with van der Waals surface area (Å²) < 4.78 is 15.3. The van der Waals surface area contributed by atoms with Gasteiger partial charge < -0.3 is 4.90 Å². The fourth-order valence-electron chi connectivity index (χ4n) is 2.28. The third-order valence-electron chi connectivity index (χ3n) is 3.28. The van der Waals surface area contributed by atoms with Gasteiger partial charge >= 0.3 is 0 Å². The van der Waals surface area contributed by atoms with Gasteiger partial charge in [-0.2, -0.15) is 0 Å². The van der Waals surface area contributed by atoms with E-state index in [1.807, 2.05) is 34.9 Å². The average Bonchev–Trinajstić information content (AvgIpc) is 2.96. The van der Waals surface area contributed by atoms with Crippen LogP contribution >= 0.6 is 11.8 Å². The Morgan fingerprint density at radius 3 is 3.00 bits per heavy atom. The van der Waals surface area contributed by atoms with Crippen molar-refractivity contribution in [1.82, 2.24) is 14.4 Å². The molecule has 1 fully saturated rings. The lowest BCUT2D eigenvalue weighted by molar-refractivity contribution is 0.364. The maximum absolute atomic E-state index is 13.3. The molecule has 0 spiro atoms. The largest absolute Gasteiger partial charge is 0.352 e. The molecule has 2 aromatic heterocycles. The van der Waals surface area contributed by atoms with Gasteiger partial charge in [0.05, 0.1) is 12.7 Å². The van der Waals surface area contributed by atoms with Crippen molar-refractivity contribution >= 4 is 23.2 Å². The van der Waals surface area contributed by atoms with Crippen molar-refractivity contribution in [3.63, 3.8) is 0 Å². The first-order valence-corrected chi connectivity index (χ1v) is 7.19. The van der Waals surface area contributed by atoms with Crippen LogP contribution in [-0.4, -0.2) is 39.9 Å². The van der Waals surface area contributed by atoms with Gasteiger partial charge in [0.1, 0.15) is 17.0 Å². The summed E-state index contributed by atoms with van der Waals surface area (Å²) >= 11 is 1.57. The molecule has 96 valence electrons. The molecule has 0 aromatic carbocycles. The van der Waals surface area contributed by atoms with Gasteiger partial charge in [-0.1, -0.05) is 0 Å². The van der Waals surface area contributed by atoms with E-state index in [2.05, 4.69) is 9.97 Å². The standard InChI is InChI=1S/C12H15FN4S/c1-8-5-14-11-12(18-2)15-10(7-17(8)11)16-4-3-9(13)6-16/h5,7,9H,3-4,6H2,1-2H3. The average molecular weight is 266 g/mol. The zero-order valence-electron chi connectivity index (χ0n) is 10.4. The second-order valence-electron chi connectivity index (χ2n) is 4.53. The summed E-state index contributed by atoms with van der Waals surface area (Å²) in [7, 11) is 0. The van der Waals surface area contributed by atoms with Crippen LogP contribution in [0.1, 0.15) is 12.1 Å². The molecule has 18 heavy (non-hydrogen) atoms. The van der Waals surface area contributed by atoms with Crippen LogP contribution in [0.3, 0.4) is 0 Å². The van der Waals surface area contributed by atoms with Crippen LogP contribution in [0, 0.1) is 6.92 Å². The molecule has 3 heterocycles. The smallest absolute Gasteiger partial charge is 0.169 e. The molecule has 0 aliphatic carbocycles. The fourth-order valence-corrected chi connectivity index (χ4v) is 2.80. The maximum Gasteiger partial charge on any atom is 0.169 e. The number of aromatic nitrogens is 3. The third kappa shape index (κ3) is 1.84. The van der Waals surface area contributed by atoms with E-state index in [1.54, 1.807) is 11.8 Å². The van der Waals surface area contributed by atoms with Crippen molar-refractivity contribution in [2.75, 3.05) is 24.2 Å². The zero-order valence-corrected chi connectivity index (χ0v) is 11.2. The number of thioether (sulfide) groups is 1. The molecule has 3 rings (SSSR count). The van der Waals surface area contributed by atoms with E-state index in [0.29, 0.717) is 13.0 Å². The Balaban J connectivity index is 2.09. The van der Waals surface area contributed by atoms with Gasteiger partial charge in [0, 0.05) is 18.4 Å². The number of fused-ring (bicyclic) bond motifs is 1. The Bertz CT molecular complexity index is 583. The molecule has 0 bridgehead atoms. The van der Waals surface area contributed by atoms with Crippen LogP contribution in [0.5, 0.6) is 0 Å². The van der Waals surface area contributed by atoms with Crippen LogP contribution in [-0.2, 0) is 0 Å². The van der Waals surface area contributed by atoms with Crippen molar-refractivity contribution in [2.45, 2.75) is 24.5 Å². The Kier molecular flexibility index (Phi) is 2.89. The van der Waals surface area contributed by atoms with Crippen LogP contribution in [0.4, 0.5) is 10.2 Å². The van der Waals surface area contributed by atoms with Crippen molar-refractivity contribution in [3.05, 3.63) is 18.1 Å². The lowest BCUT2D eigenvalue weighted by Gasteiger charge is -2.17. The number of hydrogen-bond acceptors (Lipinski definition) is 4. The Hall–Kier alpha value is -1.30. The van der Waals surface area contributed by atoms with E-state index in [-0.39, 0.29) is 0 Å². The number of halogens is 1. The van der Waals surface area contributed by atoms with Crippen molar-refractivity contribution in [1.29, 1.82) is 0 Å². The van der Waals surface area contributed by atoms with E-state index >= 15 is 0 Å². The van der Waals surface area contributed by atoms with Gasteiger partial charge in [-0.05, 0) is 19.6 Å². The highest BCUT2D eigenvalue weighted by Gasteiger charge is 2.24. The molecule has 1 aliphatic heterocycles. The molecule has 1 atom stereocenters. The van der Waals surface area contributed by atoms with E-state index in [0.717, 1.165) is 28.7 Å².